The molecule has 3 heterocycles. The summed E-state index contributed by atoms with van der Waals surface area (Å²) in [6, 6.07) is 0. The third-order valence-corrected chi connectivity index (χ3v) is 6.63. The van der Waals surface area contributed by atoms with Crippen LogP contribution in [-0.2, 0) is 0 Å². The number of dihydropyridines is 1. The average Bonchev–Trinajstić information content (AvgIpc) is 3.24. The second kappa shape index (κ2) is 7.48. The fourth-order valence-corrected chi connectivity index (χ4v) is 5.48. The molecule has 3 aliphatic rings. The van der Waals surface area contributed by atoms with E-state index < -0.39 is 0 Å². The number of thioether (sulfide) groups is 1. The van der Waals surface area contributed by atoms with Gasteiger partial charge in [-0.25, -0.2) is 9.97 Å². The first-order valence-electron chi connectivity index (χ1n) is 9.76. The van der Waals surface area contributed by atoms with E-state index in [1.807, 2.05) is 11.8 Å². The molecule has 0 unspecified atom stereocenters. The van der Waals surface area contributed by atoms with E-state index in [2.05, 4.69) is 23.8 Å². The first-order valence-corrected chi connectivity index (χ1v) is 10.6. The number of rotatable bonds is 7. The fraction of sp³-hybridized carbons (Fsp3) is 0.650. The summed E-state index contributed by atoms with van der Waals surface area (Å²) in [6.45, 7) is 5.17. The zero-order valence-corrected chi connectivity index (χ0v) is 16.1. The van der Waals surface area contributed by atoms with Gasteiger partial charge in [0.15, 0.2) is 0 Å². The largest absolute Gasteiger partial charge is 0.477 e. The highest BCUT2D eigenvalue weighted by Crippen LogP contribution is 2.56. The minimum atomic E-state index is 0.240. The molecule has 0 N–H and O–H groups in total. The molecule has 0 fully saturated rings. The number of ether oxygens (including phenoxy) is 1. The second-order valence-corrected chi connectivity index (χ2v) is 8.24. The van der Waals surface area contributed by atoms with E-state index in [0.717, 1.165) is 42.3 Å². The molecule has 2 aliphatic heterocycles. The maximum Gasteiger partial charge on any atom is 0.230 e. The lowest BCUT2D eigenvalue weighted by molar-refractivity contribution is 0.289. The average molecular weight is 358 g/mol. The zero-order chi connectivity index (χ0) is 17.2. The smallest absolute Gasteiger partial charge is 0.230 e. The lowest BCUT2D eigenvalue weighted by atomic mass is 9.87. The molecule has 4 rings (SSSR count). The Hall–Kier alpha value is -1.36. The Labute approximate surface area is 154 Å². The highest BCUT2D eigenvalue weighted by Gasteiger charge is 2.44. The van der Waals surface area contributed by atoms with Gasteiger partial charge in [-0.3, -0.25) is 4.99 Å². The molecule has 1 aliphatic carbocycles. The van der Waals surface area contributed by atoms with Crippen LogP contribution in [0.2, 0.25) is 0 Å². The van der Waals surface area contributed by atoms with Gasteiger partial charge in [0.25, 0.3) is 0 Å². The zero-order valence-electron chi connectivity index (χ0n) is 15.3. The summed E-state index contributed by atoms with van der Waals surface area (Å²) in [5.41, 5.74) is 5.69. The Kier molecular flexibility index (Phi) is 5.11. The van der Waals surface area contributed by atoms with Crippen molar-refractivity contribution < 1.29 is 4.74 Å². The van der Waals surface area contributed by atoms with Gasteiger partial charge < -0.3 is 4.74 Å². The number of aliphatic imine (C=N–C) groups is 1. The number of unbranched alkanes of at least 4 members (excludes halogenated alkanes) is 2. The summed E-state index contributed by atoms with van der Waals surface area (Å²) in [5.74, 6) is 1.11. The fourth-order valence-electron chi connectivity index (χ4n) is 4.11. The van der Waals surface area contributed by atoms with Crippen LogP contribution in [0.1, 0.15) is 76.8 Å². The lowest BCUT2D eigenvalue weighted by Crippen LogP contribution is -2.21. The van der Waals surface area contributed by atoms with Crippen LogP contribution >= 0.6 is 11.8 Å². The van der Waals surface area contributed by atoms with E-state index in [1.165, 1.54) is 37.8 Å². The van der Waals surface area contributed by atoms with Crippen LogP contribution < -0.4 is 4.74 Å². The summed E-state index contributed by atoms with van der Waals surface area (Å²) in [5, 5.41) is 0.240. The van der Waals surface area contributed by atoms with Crippen molar-refractivity contribution in [2.24, 2.45) is 4.99 Å². The van der Waals surface area contributed by atoms with Crippen molar-refractivity contribution in [2.75, 3.05) is 6.61 Å². The van der Waals surface area contributed by atoms with E-state index in [9.17, 15) is 0 Å². The highest BCUT2D eigenvalue weighted by molar-refractivity contribution is 8.00. The molecule has 0 radical (unpaired) electrons. The van der Waals surface area contributed by atoms with Gasteiger partial charge in [0.1, 0.15) is 11.7 Å². The van der Waals surface area contributed by atoms with Crippen LogP contribution in [0.3, 0.4) is 0 Å². The maximum absolute atomic E-state index is 5.96. The molecule has 4 nitrogen and oxygen atoms in total. The second-order valence-electron chi connectivity index (χ2n) is 7.12. The molecule has 5 heteroatoms. The van der Waals surface area contributed by atoms with Crippen LogP contribution in [0.5, 0.6) is 5.88 Å². The monoisotopic (exact) mass is 357 g/mol. The van der Waals surface area contributed by atoms with Crippen molar-refractivity contribution in [1.82, 2.24) is 9.97 Å². The standard InChI is InChI=1S/C20H27N3OS/c1-3-5-10-15-13-8-7-9-14(13)16-17-18(25-20(16)23-15)19(22-12-21-17)24-11-6-4-2/h12,16,20H,3-11H2,1-2H3/t16-,20+/m0/s1. The van der Waals surface area contributed by atoms with E-state index in [1.54, 1.807) is 17.5 Å². The molecule has 0 saturated carbocycles. The van der Waals surface area contributed by atoms with Gasteiger partial charge in [-0.2, -0.15) is 0 Å². The van der Waals surface area contributed by atoms with Crippen molar-refractivity contribution in [1.29, 1.82) is 0 Å². The molecule has 0 spiro atoms. The third-order valence-electron chi connectivity index (χ3n) is 5.39. The summed E-state index contributed by atoms with van der Waals surface area (Å²) in [7, 11) is 0. The van der Waals surface area contributed by atoms with Gasteiger partial charge in [-0.1, -0.05) is 44.0 Å². The van der Waals surface area contributed by atoms with Crippen molar-refractivity contribution in [3.8, 4) is 5.88 Å². The highest BCUT2D eigenvalue weighted by atomic mass is 32.2. The van der Waals surface area contributed by atoms with Crippen LogP contribution in [-0.4, -0.2) is 27.7 Å². The van der Waals surface area contributed by atoms with Gasteiger partial charge in [0.05, 0.1) is 23.1 Å². The van der Waals surface area contributed by atoms with Gasteiger partial charge in [-0.15, -0.1) is 0 Å². The normalized spacial score (nSPS) is 24.0. The Morgan fingerprint density at radius 3 is 2.88 bits per heavy atom. The van der Waals surface area contributed by atoms with Crippen molar-refractivity contribution in [3.63, 3.8) is 0 Å². The molecule has 0 aromatic carbocycles. The molecule has 25 heavy (non-hydrogen) atoms. The Balaban J connectivity index is 1.65. The van der Waals surface area contributed by atoms with Gasteiger partial charge >= 0.3 is 0 Å². The van der Waals surface area contributed by atoms with E-state index in [-0.39, 0.29) is 5.37 Å². The molecular weight excluding hydrogens is 330 g/mol. The summed E-state index contributed by atoms with van der Waals surface area (Å²) in [6.07, 6.45) is 11.1. The molecule has 0 saturated heterocycles. The van der Waals surface area contributed by atoms with E-state index in [4.69, 9.17) is 9.73 Å². The first kappa shape index (κ1) is 17.1. The van der Waals surface area contributed by atoms with Crippen molar-refractivity contribution in [3.05, 3.63) is 23.2 Å². The Morgan fingerprint density at radius 2 is 2.04 bits per heavy atom. The lowest BCUT2D eigenvalue weighted by Gasteiger charge is -2.26. The maximum atomic E-state index is 5.96. The SMILES string of the molecule is CCCCOc1ncnc2c1S[C@H]1N=C(CCCC)C3=C(CCC3)[C@@H]21. The topological polar surface area (TPSA) is 47.4 Å². The van der Waals surface area contributed by atoms with Gasteiger partial charge in [0, 0.05) is 5.71 Å². The van der Waals surface area contributed by atoms with Crippen LogP contribution in [0, 0.1) is 0 Å². The van der Waals surface area contributed by atoms with Crippen LogP contribution in [0.4, 0.5) is 0 Å². The molecule has 2 atom stereocenters. The molecule has 1 aromatic rings. The summed E-state index contributed by atoms with van der Waals surface area (Å²) in [4.78, 5) is 15.4. The molecule has 0 bridgehead atoms. The number of hydrogen-bond donors (Lipinski definition) is 0. The summed E-state index contributed by atoms with van der Waals surface area (Å²) >= 11 is 1.82. The number of nitrogens with zero attached hydrogens (tertiary/aromatic N) is 3. The van der Waals surface area contributed by atoms with Gasteiger partial charge in [-0.05, 0) is 44.1 Å². The van der Waals surface area contributed by atoms with Crippen LogP contribution in [0.25, 0.3) is 0 Å². The minimum Gasteiger partial charge on any atom is -0.477 e. The van der Waals surface area contributed by atoms with E-state index >= 15 is 0 Å². The predicted octanol–water partition coefficient (Wildman–Crippen LogP) is 5.30. The van der Waals surface area contributed by atoms with Crippen LogP contribution in [0.15, 0.2) is 27.4 Å². The molecule has 134 valence electrons. The van der Waals surface area contributed by atoms with Crippen molar-refractivity contribution in [2.45, 2.75) is 81.4 Å². The Morgan fingerprint density at radius 1 is 1.16 bits per heavy atom. The molecular formula is C20H27N3OS. The number of aromatic nitrogens is 2. The summed E-state index contributed by atoms with van der Waals surface area (Å²) < 4.78 is 5.96. The number of fused-ring (bicyclic) bond motifs is 4. The number of allylic oxidation sites excluding steroid dienone is 1. The quantitative estimate of drug-likeness (QED) is 0.622. The number of hydrogen-bond acceptors (Lipinski definition) is 5. The predicted molar refractivity (Wildman–Crippen MR) is 103 cm³/mol. The third kappa shape index (κ3) is 3.12. The molecule has 1 aromatic heterocycles. The van der Waals surface area contributed by atoms with Gasteiger partial charge in [0.2, 0.25) is 5.88 Å². The molecule has 0 amide bonds. The van der Waals surface area contributed by atoms with E-state index in [0.29, 0.717) is 5.92 Å². The Bertz CT molecular complexity index is 713. The minimum absolute atomic E-state index is 0.240. The first-order chi connectivity index (χ1) is 12.3. The van der Waals surface area contributed by atoms with Crippen molar-refractivity contribution >= 4 is 17.5 Å².